The number of rotatable bonds is 5. The Labute approximate surface area is 156 Å². The van der Waals surface area contributed by atoms with Gasteiger partial charge in [-0.3, -0.25) is 14.4 Å². The van der Waals surface area contributed by atoms with Crippen molar-refractivity contribution in [2.24, 2.45) is 0 Å². The van der Waals surface area contributed by atoms with Gasteiger partial charge in [-0.1, -0.05) is 30.3 Å². The molecule has 0 N–H and O–H groups in total. The minimum absolute atomic E-state index is 0.0437. The molecule has 1 aliphatic heterocycles. The van der Waals surface area contributed by atoms with Crippen molar-refractivity contribution in [1.82, 2.24) is 19.6 Å². The second-order valence-corrected chi connectivity index (χ2v) is 6.78. The molecular formula is C19H23F3N4O. The third-order valence-electron chi connectivity index (χ3n) is 4.78. The van der Waals surface area contributed by atoms with Crippen molar-refractivity contribution in [1.29, 1.82) is 0 Å². The van der Waals surface area contributed by atoms with E-state index in [-0.39, 0.29) is 18.9 Å². The van der Waals surface area contributed by atoms with Crippen LogP contribution < -0.4 is 0 Å². The van der Waals surface area contributed by atoms with Crippen molar-refractivity contribution in [2.45, 2.75) is 32.6 Å². The van der Waals surface area contributed by atoms with Crippen LogP contribution in [0, 0.1) is 6.92 Å². The number of nitrogens with zero attached hydrogens (tertiary/aromatic N) is 4. The van der Waals surface area contributed by atoms with Crippen LogP contribution in [0.4, 0.5) is 13.2 Å². The topological polar surface area (TPSA) is 41.4 Å². The first-order valence-corrected chi connectivity index (χ1v) is 8.98. The van der Waals surface area contributed by atoms with Gasteiger partial charge in [0.2, 0.25) is 5.91 Å². The number of piperazine rings is 1. The van der Waals surface area contributed by atoms with Gasteiger partial charge in [-0.2, -0.15) is 18.3 Å². The van der Waals surface area contributed by atoms with E-state index in [4.69, 9.17) is 0 Å². The molecule has 0 radical (unpaired) electrons. The molecule has 1 fully saturated rings. The fourth-order valence-corrected chi connectivity index (χ4v) is 3.23. The average molecular weight is 380 g/mol. The molecule has 0 aliphatic carbocycles. The second kappa shape index (κ2) is 8.12. The predicted molar refractivity (Wildman–Crippen MR) is 94.9 cm³/mol. The Morgan fingerprint density at radius 3 is 2.37 bits per heavy atom. The lowest BCUT2D eigenvalue weighted by molar-refractivity contribution is -0.141. The number of alkyl halides is 3. The molecule has 1 saturated heterocycles. The van der Waals surface area contributed by atoms with E-state index in [9.17, 15) is 18.0 Å². The zero-order chi connectivity index (χ0) is 19.4. The highest BCUT2D eigenvalue weighted by atomic mass is 19.4. The van der Waals surface area contributed by atoms with E-state index in [2.05, 4.69) is 22.1 Å². The summed E-state index contributed by atoms with van der Waals surface area (Å²) < 4.78 is 39.4. The molecule has 1 aromatic carbocycles. The number of carbonyl (C=O) groups is 1. The first-order chi connectivity index (χ1) is 12.8. The molecule has 3 rings (SSSR count). The van der Waals surface area contributed by atoms with Crippen molar-refractivity contribution in [3.8, 4) is 0 Å². The van der Waals surface area contributed by atoms with Crippen molar-refractivity contribution >= 4 is 5.91 Å². The SMILES string of the molecule is Cc1cc(C(F)(F)F)nn1CCC(=O)N1CCN(Cc2ccccc2)CC1. The van der Waals surface area contributed by atoms with E-state index in [1.54, 1.807) is 11.8 Å². The average Bonchev–Trinajstić information content (AvgIpc) is 3.02. The van der Waals surface area contributed by atoms with E-state index in [0.29, 0.717) is 18.8 Å². The standard InChI is InChI=1S/C19H23F3N4O/c1-15-13-17(19(20,21)22)23-26(15)8-7-18(27)25-11-9-24(10-12-25)14-16-5-3-2-4-6-16/h2-6,13H,7-12,14H2,1H3. The maximum atomic E-state index is 12.7. The van der Waals surface area contributed by atoms with Crippen LogP contribution in [0.1, 0.15) is 23.4 Å². The summed E-state index contributed by atoms with van der Waals surface area (Å²) in [4.78, 5) is 16.5. The normalized spacial score (nSPS) is 15.9. The summed E-state index contributed by atoms with van der Waals surface area (Å²) in [5.41, 5.74) is 0.733. The zero-order valence-corrected chi connectivity index (χ0v) is 15.2. The number of aromatic nitrogens is 2. The highest BCUT2D eigenvalue weighted by Crippen LogP contribution is 2.28. The van der Waals surface area contributed by atoms with Crippen molar-refractivity contribution in [3.63, 3.8) is 0 Å². The van der Waals surface area contributed by atoms with Gasteiger partial charge >= 0.3 is 6.18 Å². The molecule has 0 unspecified atom stereocenters. The van der Waals surface area contributed by atoms with Crippen LogP contribution in [-0.2, 0) is 24.1 Å². The fourth-order valence-electron chi connectivity index (χ4n) is 3.23. The summed E-state index contributed by atoms with van der Waals surface area (Å²) >= 11 is 0. The van der Waals surface area contributed by atoms with Crippen molar-refractivity contribution in [2.75, 3.05) is 26.2 Å². The number of halogens is 3. The lowest BCUT2D eigenvalue weighted by Crippen LogP contribution is -2.48. The van der Waals surface area contributed by atoms with E-state index in [1.807, 2.05) is 18.2 Å². The van der Waals surface area contributed by atoms with E-state index < -0.39 is 11.9 Å². The van der Waals surface area contributed by atoms with Gasteiger partial charge in [0.25, 0.3) is 0 Å². The minimum atomic E-state index is -4.46. The van der Waals surface area contributed by atoms with Crippen molar-refractivity contribution in [3.05, 3.63) is 53.3 Å². The molecule has 2 heterocycles. The van der Waals surface area contributed by atoms with Crippen molar-refractivity contribution < 1.29 is 18.0 Å². The van der Waals surface area contributed by atoms with Gasteiger partial charge in [-0.15, -0.1) is 0 Å². The Kier molecular flexibility index (Phi) is 5.84. The number of aryl methyl sites for hydroxylation is 2. The number of carbonyl (C=O) groups excluding carboxylic acids is 1. The number of hydrogen-bond acceptors (Lipinski definition) is 3. The van der Waals surface area contributed by atoms with Crippen LogP contribution in [0.3, 0.4) is 0 Å². The molecule has 8 heteroatoms. The maximum Gasteiger partial charge on any atom is 0.435 e. The molecule has 5 nitrogen and oxygen atoms in total. The summed E-state index contributed by atoms with van der Waals surface area (Å²) in [6.45, 7) is 5.43. The molecule has 146 valence electrons. The molecule has 0 saturated carbocycles. The molecular weight excluding hydrogens is 357 g/mol. The Bertz CT molecular complexity index is 765. The van der Waals surface area contributed by atoms with Crippen LogP contribution >= 0.6 is 0 Å². The van der Waals surface area contributed by atoms with Gasteiger partial charge in [0.15, 0.2) is 5.69 Å². The maximum absolute atomic E-state index is 12.7. The molecule has 0 bridgehead atoms. The summed E-state index contributed by atoms with van der Waals surface area (Å²) in [6.07, 6.45) is -4.31. The third-order valence-corrected chi connectivity index (χ3v) is 4.78. The van der Waals surface area contributed by atoms with Gasteiger partial charge in [-0.05, 0) is 18.6 Å². The smallest absolute Gasteiger partial charge is 0.340 e. The van der Waals surface area contributed by atoms with E-state index in [1.165, 1.54) is 10.2 Å². The largest absolute Gasteiger partial charge is 0.435 e. The highest BCUT2D eigenvalue weighted by Gasteiger charge is 2.34. The van der Waals surface area contributed by atoms with E-state index in [0.717, 1.165) is 25.7 Å². The Morgan fingerprint density at radius 2 is 1.78 bits per heavy atom. The molecule has 1 amide bonds. The Balaban J connectivity index is 1.47. The second-order valence-electron chi connectivity index (χ2n) is 6.78. The summed E-state index contributed by atoms with van der Waals surface area (Å²) in [5, 5.41) is 3.57. The van der Waals surface area contributed by atoms with E-state index >= 15 is 0 Å². The lowest BCUT2D eigenvalue weighted by Gasteiger charge is -2.34. The number of benzene rings is 1. The van der Waals surface area contributed by atoms with Gasteiger partial charge in [0.1, 0.15) is 0 Å². The lowest BCUT2D eigenvalue weighted by atomic mass is 10.2. The quantitative estimate of drug-likeness (QED) is 0.801. The number of amides is 1. The van der Waals surface area contributed by atoms with Crippen LogP contribution in [0.2, 0.25) is 0 Å². The molecule has 0 atom stereocenters. The first kappa shape index (κ1) is 19.4. The summed E-state index contributed by atoms with van der Waals surface area (Å²) in [5.74, 6) is -0.0437. The van der Waals surface area contributed by atoms with Gasteiger partial charge in [0, 0.05) is 51.4 Å². The van der Waals surface area contributed by atoms with Crippen LogP contribution in [-0.4, -0.2) is 51.7 Å². The highest BCUT2D eigenvalue weighted by molar-refractivity contribution is 5.76. The van der Waals surface area contributed by atoms with Gasteiger partial charge < -0.3 is 4.90 Å². The monoisotopic (exact) mass is 380 g/mol. The zero-order valence-electron chi connectivity index (χ0n) is 15.2. The predicted octanol–water partition coefficient (Wildman–Crippen LogP) is 2.94. The Hall–Kier alpha value is -2.35. The minimum Gasteiger partial charge on any atom is -0.340 e. The molecule has 2 aromatic rings. The Morgan fingerprint density at radius 1 is 1.11 bits per heavy atom. The van der Waals surface area contributed by atoms with Gasteiger partial charge in [0.05, 0.1) is 0 Å². The van der Waals surface area contributed by atoms with Crippen LogP contribution in [0.5, 0.6) is 0 Å². The first-order valence-electron chi connectivity index (χ1n) is 8.98. The molecule has 1 aromatic heterocycles. The molecule has 0 spiro atoms. The summed E-state index contributed by atoms with van der Waals surface area (Å²) in [7, 11) is 0. The third kappa shape index (κ3) is 5.09. The van der Waals surface area contributed by atoms with Crippen LogP contribution in [0.15, 0.2) is 36.4 Å². The fraction of sp³-hybridized carbons (Fsp3) is 0.474. The number of hydrogen-bond donors (Lipinski definition) is 0. The molecule has 1 aliphatic rings. The van der Waals surface area contributed by atoms with Gasteiger partial charge in [-0.25, -0.2) is 0 Å². The van der Waals surface area contributed by atoms with Crippen LogP contribution in [0.25, 0.3) is 0 Å². The summed E-state index contributed by atoms with van der Waals surface area (Å²) in [6, 6.07) is 11.2. The molecule has 27 heavy (non-hydrogen) atoms.